The number of aromatic nitrogens is 1. The molecule has 32 heavy (non-hydrogen) atoms. The van der Waals surface area contributed by atoms with Crippen molar-refractivity contribution in [1.82, 2.24) is 10.3 Å². The normalized spacial score (nSPS) is 22.1. The summed E-state index contributed by atoms with van der Waals surface area (Å²) in [6.07, 6.45) is -1.01. The number of alkyl halides is 3. The van der Waals surface area contributed by atoms with Crippen molar-refractivity contribution in [1.29, 1.82) is 0 Å². The third kappa shape index (κ3) is 3.83. The number of anilines is 1. The smallest absolute Gasteiger partial charge is 0.416 e. The highest BCUT2D eigenvalue weighted by atomic mass is 19.4. The Morgan fingerprint density at radius 3 is 2.47 bits per heavy atom. The first kappa shape index (κ1) is 20.9. The van der Waals surface area contributed by atoms with Gasteiger partial charge in [-0.1, -0.05) is 12.1 Å². The number of H-pyrrole nitrogens is 1. The summed E-state index contributed by atoms with van der Waals surface area (Å²) in [6.45, 7) is 3.26. The number of halogens is 3. The number of fused-ring (bicyclic) bond motifs is 1. The zero-order chi connectivity index (χ0) is 22.5. The molecule has 0 radical (unpaired) electrons. The monoisotopic (exact) mass is 443 g/mol. The first-order valence-electron chi connectivity index (χ1n) is 10.7. The lowest BCUT2D eigenvalue weighted by Crippen LogP contribution is -2.57. The van der Waals surface area contributed by atoms with E-state index in [0.29, 0.717) is 18.8 Å². The van der Waals surface area contributed by atoms with E-state index in [9.17, 15) is 18.0 Å². The molecule has 2 aromatic carbocycles. The lowest BCUT2D eigenvalue weighted by atomic mass is 9.77. The number of carbonyl (C=O) groups is 1. The Balaban J connectivity index is 1.22. The molecule has 8 heteroatoms. The van der Waals surface area contributed by atoms with Crippen molar-refractivity contribution in [2.24, 2.45) is 5.41 Å². The number of nitrogens with one attached hydrogen (secondary N) is 3. The quantitative estimate of drug-likeness (QED) is 0.517. The molecule has 2 heterocycles. The zero-order valence-corrected chi connectivity index (χ0v) is 17.6. The Kier molecular flexibility index (Phi) is 4.93. The van der Waals surface area contributed by atoms with E-state index in [4.69, 9.17) is 4.74 Å². The minimum atomic E-state index is -4.31. The molecule has 1 aromatic heterocycles. The lowest BCUT2D eigenvalue weighted by molar-refractivity contribution is -0.137. The molecule has 0 spiro atoms. The SMILES string of the molecule is CC1(C(=O)Nc2c[nH]c3ccc(O[C@H]4C[C@H](c5ccc(C(F)(F)F)cc5)C4)cc23)CNC1. The van der Waals surface area contributed by atoms with Crippen LogP contribution in [0, 0.1) is 5.41 Å². The van der Waals surface area contributed by atoms with Gasteiger partial charge < -0.3 is 20.4 Å². The maximum atomic E-state index is 12.7. The maximum Gasteiger partial charge on any atom is 0.416 e. The van der Waals surface area contributed by atoms with Gasteiger partial charge in [-0.2, -0.15) is 13.2 Å². The van der Waals surface area contributed by atoms with E-state index in [2.05, 4.69) is 15.6 Å². The molecule has 3 aromatic rings. The summed E-state index contributed by atoms with van der Waals surface area (Å²) in [6, 6.07) is 11.1. The summed E-state index contributed by atoms with van der Waals surface area (Å²) in [5.74, 6) is 0.895. The highest BCUT2D eigenvalue weighted by molar-refractivity contribution is 6.04. The van der Waals surface area contributed by atoms with Crippen LogP contribution >= 0.6 is 0 Å². The third-order valence-corrected chi connectivity index (χ3v) is 6.59. The summed E-state index contributed by atoms with van der Waals surface area (Å²) in [4.78, 5) is 15.7. The average Bonchev–Trinajstić information content (AvgIpc) is 3.10. The van der Waals surface area contributed by atoms with Crippen LogP contribution in [0.4, 0.5) is 18.9 Å². The molecule has 2 aliphatic rings. The van der Waals surface area contributed by atoms with Crippen LogP contribution in [0.1, 0.15) is 36.8 Å². The highest BCUT2D eigenvalue weighted by Crippen LogP contribution is 2.41. The molecule has 1 saturated carbocycles. The molecule has 5 nitrogen and oxygen atoms in total. The molecule has 1 aliphatic heterocycles. The van der Waals surface area contributed by atoms with Crippen molar-refractivity contribution >= 4 is 22.5 Å². The Bertz CT molecular complexity index is 1140. The molecule has 168 valence electrons. The number of rotatable bonds is 5. The first-order valence-corrected chi connectivity index (χ1v) is 10.7. The van der Waals surface area contributed by atoms with Gasteiger partial charge in [0, 0.05) is 30.2 Å². The zero-order valence-electron chi connectivity index (χ0n) is 17.6. The summed E-state index contributed by atoms with van der Waals surface area (Å²) in [5, 5.41) is 7.02. The van der Waals surface area contributed by atoms with Crippen LogP contribution in [0.15, 0.2) is 48.7 Å². The molecule has 1 saturated heterocycles. The van der Waals surface area contributed by atoms with Gasteiger partial charge in [0.05, 0.1) is 22.8 Å². The van der Waals surface area contributed by atoms with Crippen molar-refractivity contribution in [2.45, 2.75) is 38.0 Å². The number of hydrogen-bond acceptors (Lipinski definition) is 3. The summed E-state index contributed by atoms with van der Waals surface area (Å²) < 4.78 is 44.3. The Labute approximate surface area is 183 Å². The molecule has 3 N–H and O–H groups in total. The molecular formula is C24H24F3N3O2. The fourth-order valence-corrected chi connectivity index (χ4v) is 4.28. The number of ether oxygens (including phenoxy) is 1. The Morgan fingerprint density at radius 2 is 1.84 bits per heavy atom. The van der Waals surface area contributed by atoms with Gasteiger partial charge in [-0.25, -0.2) is 0 Å². The summed E-state index contributed by atoms with van der Waals surface area (Å²) >= 11 is 0. The predicted octanol–water partition coefficient (Wildman–Crippen LogP) is 5.06. The van der Waals surface area contributed by atoms with E-state index < -0.39 is 17.2 Å². The van der Waals surface area contributed by atoms with Gasteiger partial charge in [0.15, 0.2) is 0 Å². The van der Waals surface area contributed by atoms with E-state index in [1.54, 1.807) is 18.3 Å². The topological polar surface area (TPSA) is 66.2 Å². The predicted molar refractivity (Wildman–Crippen MR) is 116 cm³/mol. The van der Waals surface area contributed by atoms with Crippen molar-refractivity contribution in [3.63, 3.8) is 0 Å². The second kappa shape index (κ2) is 7.55. The second-order valence-corrected chi connectivity index (χ2v) is 9.06. The number of benzene rings is 2. The van der Waals surface area contributed by atoms with Gasteiger partial charge in [-0.3, -0.25) is 4.79 Å². The van der Waals surface area contributed by atoms with Gasteiger partial charge in [0.1, 0.15) is 5.75 Å². The average molecular weight is 443 g/mol. The molecule has 2 fully saturated rings. The van der Waals surface area contributed by atoms with Crippen molar-refractivity contribution in [3.05, 3.63) is 59.8 Å². The van der Waals surface area contributed by atoms with Crippen LogP contribution in [0.25, 0.3) is 10.9 Å². The Morgan fingerprint density at radius 1 is 1.12 bits per heavy atom. The first-order chi connectivity index (χ1) is 15.2. The molecular weight excluding hydrogens is 419 g/mol. The fourth-order valence-electron chi connectivity index (χ4n) is 4.28. The van der Waals surface area contributed by atoms with Crippen LogP contribution in [0.5, 0.6) is 5.75 Å². The largest absolute Gasteiger partial charge is 0.490 e. The van der Waals surface area contributed by atoms with Gasteiger partial charge in [-0.05, 0) is 61.6 Å². The fraction of sp³-hybridized carbons (Fsp3) is 0.375. The molecule has 0 atom stereocenters. The van der Waals surface area contributed by atoms with Gasteiger partial charge >= 0.3 is 6.18 Å². The minimum Gasteiger partial charge on any atom is -0.490 e. The van der Waals surface area contributed by atoms with Crippen LogP contribution in [-0.4, -0.2) is 30.1 Å². The Hall–Kier alpha value is -3.00. The summed E-state index contributed by atoms with van der Waals surface area (Å²) in [5.41, 5.74) is 1.51. The number of amides is 1. The minimum absolute atomic E-state index is 0.0108. The second-order valence-electron chi connectivity index (χ2n) is 9.06. The molecule has 1 amide bonds. The van der Waals surface area contributed by atoms with E-state index in [1.165, 1.54) is 0 Å². The van der Waals surface area contributed by atoms with Gasteiger partial charge in [-0.15, -0.1) is 0 Å². The lowest BCUT2D eigenvalue weighted by Gasteiger charge is -2.37. The molecule has 1 aliphatic carbocycles. The van der Waals surface area contributed by atoms with E-state index in [-0.39, 0.29) is 17.9 Å². The summed E-state index contributed by atoms with van der Waals surface area (Å²) in [7, 11) is 0. The third-order valence-electron chi connectivity index (χ3n) is 6.59. The van der Waals surface area contributed by atoms with Crippen LogP contribution < -0.4 is 15.4 Å². The van der Waals surface area contributed by atoms with E-state index >= 15 is 0 Å². The standard InChI is InChI=1S/C24H24F3N3O2/c1-23(12-28-13-23)22(31)30-21-11-29-20-7-6-17(10-19(20)21)32-18-8-15(9-18)14-2-4-16(5-3-14)24(25,26)27/h2-7,10-11,15,18,28-29H,8-9,12-13H2,1H3,(H,30,31)/t15-,18-. The van der Waals surface area contributed by atoms with E-state index in [1.807, 2.05) is 25.1 Å². The van der Waals surface area contributed by atoms with Crippen molar-refractivity contribution in [3.8, 4) is 5.75 Å². The van der Waals surface area contributed by atoms with Crippen LogP contribution in [-0.2, 0) is 11.0 Å². The highest BCUT2D eigenvalue weighted by Gasteiger charge is 2.39. The molecule has 0 bridgehead atoms. The molecule has 5 rings (SSSR count). The maximum absolute atomic E-state index is 12.7. The number of aromatic amines is 1. The van der Waals surface area contributed by atoms with Crippen molar-refractivity contribution in [2.75, 3.05) is 18.4 Å². The van der Waals surface area contributed by atoms with Crippen LogP contribution in [0.2, 0.25) is 0 Å². The number of carbonyl (C=O) groups excluding carboxylic acids is 1. The van der Waals surface area contributed by atoms with Crippen LogP contribution in [0.3, 0.4) is 0 Å². The number of hydrogen-bond donors (Lipinski definition) is 3. The van der Waals surface area contributed by atoms with E-state index in [0.717, 1.165) is 47.1 Å². The van der Waals surface area contributed by atoms with Crippen molar-refractivity contribution < 1.29 is 22.7 Å². The van der Waals surface area contributed by atoms with Gasteiger partial charge in [0.2, 0.25) is 5.91 Å². The van der Waals surface area contributed by atoms with Gasteiger partial charge in [0.25, 0.3) is 0 Å². The molecule has 0 unspecified atom stereocenters.